The van der Waals surface area contributed by atoms with Crippen LogP contribution in [0.1, 0.15) is 25.7 Å². The summed E-state index contributed by atoms with van der Waals surface area (Å²) in [5.74, 6) is 0. The molecular weight excluding hydrogens is 270 g/mol. The Morgan fingerprint density at radius 3 is 2.60 bits per heavy atom. The van der Waals surface area contributed by atoms with E-state index in [-0.39, 0.29) is 0 Å². The van der Waals surface area contributed by atoms with Gasteiger partial charge in [0.05, 0.1) is 0 Å². The van der Waals surface area contributed by atoms with Crippen LogP contribution in [0, 0.1) is 0 Å². The second kappa shape index (κ2) is 5.37. The van der Waals surface area contributed by atoms with Gasteiger partial charge in [-0.25, -0.2) is 0 Å². The fourth-order valence-electron chi connectivity index (χ4n) is 1.94. The van der Waals surface area contributed by atoms with Crippen LogP contribution in [-0.2, 0) is 0 Å². The predicted molar refractivity (Wildman–Crippen MR) is 70.2 cm³/mol. The second-order valence-electron chi connectivity index (χ2n) is 4.11. The van der Waals surface area contributed by atoms with Gasteiger partial charge in [-0.15, -0.1) is 11.8 Å². The first-order valence-electron chi connectivity index (χ1n) is 5.42. The quantitative estimate of drug-likeness (QED) is 0.894. The maximum Gasteiger partial charge on any atom is 0.0186 e. The van der Waals surface area contributed by atoms with Crippen LogP contribution in [-0.4, -0.2) is 11.3 Å². The average Bonchev–Trinajstić information content (AvgIpc) is 2.22. The molecule has 0 spiro atoms. The highest BCUT2D eigenvalue weighted by atomic mass is 79.9. The van der Waals surface area contributed by atoms with Crippen LogP contribution < -0.4 is 5.73 Å². The minimum absolute atomic E-state index is 0.448. The number of hydrogen-bond acceptors (Lipinski definition) is 2. The summed E-state index contributed by atoms with van der Waals surface area (Å²) in [6, 6.07) is 9.00. The van der Waals surface area contributed by atoms with Gasteiger partial charge in [-0.1, -0.05) is 22.0 Å². The van der Waals surface area contributed by atoms with Crippen molar-refractivity contribution < 1.29 is 0 Å². The molecule has 0 bridgehead atoms. The Kier molecular flexibility index (Phi) is 4.12. The zero-order valence-electron chi connectivity index (χ0n) is 8.66. The monoisotopic (exact) mass is 285 g/mol. The molecular formula is C12H16BrNS. The number of thioether (sulfide) groups is 1. The first-order chi connectivity index (χ1) is 7.24. The van der Waals surface area contributed by atoms with E-state index in [2.05, 4.69) is 40.2 Å². The normalized spacial score (nSPS) is 26.5. The van der Waals surface area contributed by atoms with E-state index < -0.39 is 0 Å². The van der Waals surface area contributed by atoms with E-state index in [1.54, 1.807) is 0 Å². The lowest BCUT2D eigenvalue weighted by Gasteiger charge is -2.25. The standard InChI is InChI=1S/C12H16BrNS/c13-9-2-1-3-12(8-9)15-11-6-4-10(14)5-7-11/h1-3,8,10-11H,4-7,14H2. The molecule has 0 unspecified atom stereocenters. The smallest absolute Gasteiger partial charge is 0.0186 e. The van der Waals surface area contributed by atoms with Gasteiger partial charge in [0.2, 0.25) is 0 Å². The van der Waals surface area contributed by atoms with Gasteiger partial charge < -0.3 is 5.73 Å². The molecule has 0 heterocycles. The molecule has 0 radical (unpaired) electrons. The maximum atomic E-state index is 5.90. The van der Waals surface area contributed by atoms with Crippen LogP contribution in [0.25, 0.3) is 0 Å². The van der Waals surface area contributed by atoms with Gasteiger partial charge >= 0.3 is 0 Å². The summed E-state index contributed by atoms with van der Waals surface area (Å²) in [4.78, 5) is 1.37. The van der Waals surface area contributed by atoms with Crippen LogP contribution in [0.2, 0.25) is 0 Å². The summed E-state index contributed by atoms with van der Waals surface area (Å²) >= 11 is 5.50. The van der Waals surface area contributed by atoms with E-state index >= 15 is 0 Å². The van der Waals surface area contributed by atoms with Gasteiger partial charge in [0.25, 0.3) is 0 Å². The van der Waals surface area contributed by atoms with Gasteiger partial charge in [-0.05, 0) is 43.9 Å². The zero-order valence-corrected chi connectivity index (χ0v) is 11.1. The Morgan fingerprint density at radius 1 is 1.20 bits per heavy atom. The molecule has 0 saturated heterocycles. The van der Waals surface area contributed by atoms with Crippen LogP contribution in [0.3, 0.4) is 0 Å². The van der Waals surface area contributed by atoms with Gasteiger partial charge in [0.1, 0.15) is 0 Å². The molecule has 2 N–H and O–H groups in total. The van der Waals surface area contributed by atoms with Gasteiger partial charge in [-0.2, -0.15) is 0 Å². The molecule has 82 valence electrons. The molecule has 3 heteroatoms. The number of hydrogen-bond donors (Lipinski definition) is 1. The number of halogens is 1. The topological polar surface area (TPSA) is 26.0 Å². The Balaban J connectivity index is 1.92. The molecule has 15 heavy (non-hydrogen) atoms. The number of benzene rings is 1. The highest BCUT2D eigenvalue weighted by Crippen LogP contribution is 2.34. The van der Waals surface area contributed by atoms with E-state index in [9.17, 15) is 0 Å². The maximum absolute atomic E-state index is 5.90. The van der Waals surface area contributed by atoms with Crippen molar-refractivity contribution in [3.05, 3.63) is 28.7 Å². The third kappa shape index (κ3) is 3.51. The van der Waals surface area contributed by atoms with E-state index in [0.717, 1.165) is 5.25 Å². The molecule has 1 saturated carbocycles. The van der Waals surface area contributed by atoms with Crippen molar-refractivity contribution in [2.45, 2.75) is 41.9 Å². The Labute approximate surface area is 104 Å². The van der Waals surface area contributed by atoms with Gasteiger partial charge in [0, 0.05) is 20.7 Å². The average molecular weight is 286 g/mol. The fourth-order valence-corrected chi connectivity index (χ4v) is 3.73. The van der Waals surface area contributed by atoms with E-state index in [1.165, 1.54) is 35.1 Å². The van der Waals surface area contributed by atoms with Gasteiger partial charge in [-0.3, -0.25) is 0 Å². The number of rotatable bonds is 2. The summed E-state index contributed by atoms with van der Waals surface area (Å²) < 4.78 is 1.17. The van der Waals surface area contributed by atoms with Crippen molar-refractivity contribution in [1.29, 1.82) is 0 Å². The van der Waals surface area contributed by atoms with Crippen molar-refractivity contribution in [2.75, 3.05) is 0 Å². The molecule has 0 atom stereocenters. The van der Waals surface area contributed by atoms with Crippen molar-refractivity contribution in [1.82, 2.24) is 0 Å². The van der Waals surface area contributed by atoms with Crippen LogP contribution >= 0.6 is 27.7 Å². The molecule has 1 aliphatic carbocycles. The molecule has 1 aromatic carbocycles. The summed E-state index contributed by atoms with van der Waals surface area (Å²) in [6.45, 7) is 0. The van der Waals surface area contributed by atoms with Crippen molar-refractivity contribution in [3.8, 4) is 0 Å². The molecule has 1 aliphatic rings. The molecule has 2 rings (SSSR count). The second-order valence-corrected chi connectivity index (χ2v) is 6.40. The summed E-state index contributed by atoms with van der Waals surface area (Å²) in [7, 11) is 0. The fraction of sp³-hybridized carbons (Fsp3) is 0.500. The van der Waals surface area contributed by atoms with Crippen LogP contribution in [0.15, 0.2) is 33.6 Å². The Hall–Kier alpha value is 0.01000. The molecule has 1 fully saturated rings. The van der Waals surface area contributed by atoms with Gasteiger partial charge in [0.15, 0.2) is 0 Å². The van der Waals surface area contributed by atoms with E-state index in [4.69, 9.17) is 5.73 Å². The molecule has 0 aromatic heterocycles. The van der Waals surface area contributed by atoms with E-state index in [1.807, 2.05) is 11.8 Å². The molecule has 1 aromatic rings. The first-order valence-corrected chi connectivity index (χ1v) is 7.09. The first kappa shape index (κ1) is 11.5. The summed E-state index contributed by atoms with van der Waals surface area (Å²) in [5.41, 5.74) is 5.90. The van der Waals surface area contributed by atoms with Crippen molar-refractivity contribution in [2.24, 2.45) is 5.73 Å². The highest BCUT2D eigenvalue weighted by molar-refractivity contribution is 9.10. The lowest BCUT2D eigenvalue weighted by atomic mass is 9.96. The lowest BCUT2D eigenvalue weighted by molar-refractivity contribution is 0.451. The zero-order chi connectivity index (χ0) is 10.7. The Morgan fingerprint density at radius 2 is 1.93 bits per heavy atom. The lowest BCUT2D eigenvalue weighted by Crippen LogP contribution is -2.27. The summed E-state index contributed by atoms with van der Waals surface area (Å²) in [6.07, 6.45) is 4.90. The summed E-state index contributed by atoms with van der Waals surface area (Å²) in [5, 5.41) is 0.763. The Bertz CT molecular complexity index is 321. The minimum atomic E-state index is 0.448. The largest absolute Gasteiger partial charge is 0.328 e. The van der Waals surface area contributed by atoms with Crippen LogP contribution in [0.5, 0.6) is 0 Å². The predicted octanol–water partition coefficient (Wildman–Crippen LogP) is 3.81. The van der Waals surface area contributed by atoms with Crippen molar-refractivity contribution >= 4 is 27.7 Å². The van der Waals surface area contributed by atoms with E-state index in [0.29, 0.717) is 6.04 Å². The highest BCUT2D eigenvalue weighted by Gasteiger charge is 2.19. The van der Waals surface area contributed by atoms with Crippen molar-refractivity contribution in [3.63, 3.8) is 0 Å². The molecule has 1 nitrogen and oxygen atoms in total. The third-order valence-electron chi connectivity index (χ3n) is 2.82. The minimum Gasteiger partial charge on any atom is -0.328 e. The molecule has 0 amide bonds. The number of nitrogens with two attached hydrogens (primary N) is 1. The molecule has 0 aliphatic heterocycles. The SMILES string of the molecule is NC1CCC(Sc2cccc(Br)c2)CC1. The third-order valence-corrected chi connectivity index (χ3v) is 4.64. The van der Waals surface area contributed by atoms with Crippen LogP contribution in [0.4, 0.5) is 0 Å².